The van der Waals surface area contributed by atoms with E-state index >= 15 is 0 Å². The number of carbonyl (C=O) groups is 1. The van der Waals surface area contributed by atoms with E-state index in [1.54, 1.807) is 0 Å². The number of likely N-dealkylation sites (tertiary alicyclic amines) is 1. The molecule has 0 spiro atoms. The summed E-state index contributed by atoms with van der Waals surface area (Å²) in [5.74, 6) is 1.19. The van der Waals surface area contributed by atoms with E-state index in [1.165, 1.54) is 11.1 Å². The first-order valence-corrected chi connectivity index (χ1v) is 10.1. The fourth-order valence-corrected chi connectivity index (χ4v) is 3.64. The maximum Gasteiger partial charge on any atom is 0.232 e. The minimum absolute atomic E-state index is 0.0527. The second kappa shape index (κ2) is 7.47. The van der Waals surface area contributed by atoms with Gasteiger partial charge in [-0.3, -0.25) is 4.79 Å². The highest BCUT2D eigenvalue weighted by atomic mass is 16.5. The summed E-state index contributed by atoms with van der Waals surface area (Å²) in [5, 5.41) is 4.15. The van der Waals surface area contributed by atoms with E-state index in [9.17, 15) is 4.79 Å². The van der Waals surface area contributed by atoms with Gasteiger partial charge in [-0.2, -0.15) is 4.98 Å². The second-order valence-corrected chi connectivity index (χ2v) is 8.94. The normalized spacial score (nSPS) is 17.2. The van der Waals surface area contributed by atoms with Crippen LogP contribution in [0.4, 0.5) is 0 Å². The van der Waals surface area contributed by atoms with E-state index < -0.39 is 0 Å². The summed E-state index contributed by atoms with van der Waals surface area (Å²) in [4.78, 5) is 18.9. The molecule has 2 aromatic carbocycles. The molecule has 2 heterocycles. The Morgan fingerprint density at radius 3 is 2.41 bits per heavy atom. The van der Waals surface area contributed by atoms with Gasteiger partial charge in [0.2, 0.25) is 17.6 Å². The number of hydrogen-bond donors (Lipinski definition) is 0. The lowest BCUT2D eigenvalue weighted by Crippen LogP contribution is -2.24. The molecular formula is C24H27N3O2. The molecule has 1 aliphatic rings. The van der Waals surface area contributed by atoms with Crippen LogP contribution in [0.3, 0.4) is 0 Å². The standard InChI is InChI=1S/C24H27N3O2/c1-16-5-7-17(8-6-16)14-27-15-19(13-21(27)28)23-25-22(26-29-23)18-9-11-20(12-10-18)24(2,3)4/h5-12,19H,13-15H2,1-4H3. The Labute approximate surface area is 171 Å². The van der Waals surface area contributed by atoms with Crippen molar-refractivity contribution in [1.82, 2.24) is 15.0 Å². The third-order valence-electron chi connectivity index (χ3n) is 5.51. The van der Waals surface area contributed by atoms with Crippen LogP contribution in [0.2, 0.25) is 0 Å². The summed E-state index contributed by atoms with van der Waals surface area (Å²) >= 11 is 0. The van der Waals surface area contributed by atoms with Gasteiger partial charge in [-0.05, 0) is 23.5 Å². The van der Waals surface area contributed by atoms with Crippen molar-refractivity contribution in [1.29, 1.82) is 0 Å². The minimum Gasteiger partial charge on any atom is -0.339 e. The fourth-order valence-electron chi connectivity index (χ4n) is 3.64. The Balaban J connectivity index is 1.45. The van der Waals surface area contributed by atoms with Gasteiger partial charge in [0.05, 0.1) is 5.92 Å². The third kappa shape index (κ3) is 4.24. The summed E-state index contributed by atoms with van der Waals surface area (Å²) < 4.78 is 5.52. The third-order valence-corrected chi connectivity index (χ3v) is 5.51. The number of aromatic nitrogens is 2. The van der Waals surface area contributed by atoms with Crippen LogP contribution in [0.5, 0.6) is 0 Å². The van der Waals surface area contributed by atoms with Crippen molar-refractivity contribution in [3.05, 3.63) is 71.1 Å². The lowest BCUT2D eigenvalue weighted by Gasteiger charge is -2.18. The van der Waals surface area contributed by atoms with Crippen LogP contribution in [0.15, 0.2) is 53.1 Å². The number of benzene rings is 2. The monoisotopic (exact) mass is 389 g/mol. The second-order valence-electron chi connectivity index (χ2n) is 8.94. The smallest absolute Gasteiger partial charge is 0.232 e. The van der Waals surface area contributed by atoms with Gasteiger partial charge in [0, 0.05) is 25.1 Å². The van der Waals surface area contributed by atoms with Crippen molar-refractivity contribution in [3.8, 4) is 11.4 Å². The molecule has 4 rings (SSSR count). The summed E-state index contributed by atoms with van der Waals surface area (Å²) in [6.45, 7) is 9.85. The van der Waals surface area contributed by atoms with Gasteiger partial charge in [-0.15, -0.1) is 0 Å². The molecule has 5 nitrogen and oxygen atoms in total. The van der Waals surface area contributed by atoms with Crippen molar-refractivity contribution in [2.24, 2.45) is 0 Å². The highest BCUT2D eigenvalue weighted by Crippen LogP contribution is 2.30. The molecule has 5 heteroatoms. The molecule has 3 aromatic rings. The Morgan fingerprint density at radius 1 is 1.07 bits per heavy atom. The van der Waals surface area contributed by atoms with Crippen LogP contribution in [0.25, 0.3) is 11.4 Å². The summed E-state index contributed by atoms with van der Waals surface area (Å²) in [7, 11) is 0. The zero-order chi connectivity index (χ0) is 20.6. The highest BCUT2D eigenvalue weighted by Gasteiger charge is 2.34. The van der Waals surface area contributed by atoms with Crippen molar-refractivity contribution in [2.45, 2.75) is 52.0 Å². The lowest BCUT2D eigenvalue weighted by atomic mass is 9.87. The van der Waals surface area contributed by atoms with Gasteiger partial charge in [0.15, 0.2) is 0 Å². The van der Waals surface area contributed by atoms with Gasteiger partial charge in [-0.25, -0.2) is 0 Å². The molecule has 150 valence electrons. The van der Waals surface area contributed by atoms with Gasteiger partial charge >= 0.3 is 0 Å². The first-order valence-electron chi connectivity index (χ1n) is 10.1. The maximum absolute atomic E-state index is 12.5. The van der Waals surface area contributed by atoms with Gasteiger partial charge in [-0.1, -0.05) is 80.0 Å². The number of hydrogen-bond acceptors (Lipinski definition) is 4. The number of nitrogens with zero attached hydrogens (tertiary/aromatic N) is 3. The van der Waals surface area contributed by atoms with Crippen LogP contribution in [0.1, 0.15) is 55.7 Å². The first-order chi connectivity index (χ1) is 13.8. The molecule has 1 atom stereocenters. The van der Waals surface area contributed by atoms with E-state index in [-0.39, 0.29) is 17.2 Å². The Hall–Kier alpha value is -2.95. The molecule has 1 fully saturated rings. The molecule has 1 aromatic heterocycles. The van der Waals surface area contributed by atoms with Crippen molar-refractivity contribution >= 4 is 5.91 Å². The van der Waals surface area contributed by atoms with Crippen LogP contribution in [-0.2, 0) is 16.8 Å². The van der Waals surface area contributed by atoms with Crippen molar-refractivity contribution in [2.75, 3.05) is 6.54 Å². The van der Waals surface area contributed by atoms with Crippen molar-refractivity contribution in [3.63, 3.8) is 0 Å². The van der Waals surface area contributed by atoms with Crippen LogP contribution < -0.4 is 0 Å². The molecule has 1 saturated heterocycles. The van der Waals surface area contributed by atoms with Gasteiger partial charge in [0.25, 0.3) is 0 Å². The zero-order valence-electron chi connectivity index (χ0n) is 17.5. The van der Waals surface area contributed by atoms with Gasteiger partial charge < -0.3 is 9.42 Å². The quantitative estimate of drug-likeness (QED) is 0.639. The Bertz CT molecular complexity index is 998. The largest absolute Gasteiger partial charge is 0.339 e. The molecule has 1 unspecified atom stereocenters. The molecule has 0 saturated carbocycles. The fraction of sp³-hybridized carbons (Fsp3) is 0.375. The molecule has 0 aliphatic carbocycles. The molecule has 1 aliphatic heterocycles. The number of carbonyl (C=O) groups excluding carboxylic acids is 1. The summed E-state index contributed by atoms with van der Waals surface area (Å²) in [6.07, 6.45) is 0.413. The molecule has 29 heavy (non-hydrogen) atoms. The van der Waals surface area contributed by atoms with E-state index in [0.717, 1.165) is 11.1 Å². The van der Waals surface area contributed by atoms with Gasteiger partial charge in [0.1, 0.15) is 0 Å². The van der Waals surface area contributed by atoms with Crippen molar-refractivity contribution < 1.29 is 9.32 Å². The van der Waals surface area contributed by atoms with E-state index in [4.69, 9.17) is 4.52 Å². The summed E-state index contributed by atoms with van der Waals surface area (Å²) in [5.41, 5.74) is 4.64. The minimum atomic E-state index is -0.0527. The van der Waals surface area contributed by atoms with E-state index in [0.29, 0.717) is 31.2 Å². The number of rotatable bonds is 4. The molecule has 0 radical (unpaired) electrons. The van der Waals surface area contributed by atoms with Crippen LogP contribution in [-0.4, -0.2) is 27.5 Å². The summed E-state index contributed by atoms with van der Waals surface area (Å²) in [6, 6.07) is 16.5. The molecule has 1 amide bonds. The topological polar surface area (TPSA) is 59.2 Å². The average molecular weight is 389 g/mol. The predicted molar refractivity (Wildman–Crippen MR) is 112 cm³/mol. The lowest BCUT2D eigenvalue weighted by molar-refractivity contribution is -0.128. The average Bonchev–Trinajstić information content (AvgIpc) is 3.30. The number of amides is 1. The van der Waals surface area contributed by atoms with Crippen LogP contribution in [0, 0.1) is 6.92 Å². The maximum atomic E-state index is 12.5. The van der Waals surface area contributed by atoms with E-state index in [1.807, 2.05) is 17.0 Å². The number of aryl methyl sites for hydroxylation is 1. The Kier molecular flexibility index (Phi) is 4.99. The Morgan fingerprint density at radius 2 is 1.76 bits per heavy atom. The molecule has 0 bridgehead atoms. The van der Waals surface area contributed by atoms with Crippen LogP contribution >= 0.6 is 0 Å². The predicted octanol–water partition coefficient (Wildman–Crippen LogP) is 4.86. The first kappa shape index (κ1) is 19.4. The zero-order valence-corrected chi connectivity index (χ0v) is 17.5. The SMILES string of the molecule is Cc1ccc(CN2CC(c3nc(-c4ccc(C(C)(C)C)cc4)no3)CC2=O)cc1. The highest BCUT2D eigenvalue weighted by molar-refractivity contribution is 5.79. The van der Waals surface area contributed by atoms with E-state index in [2.05, 4.69) is 74.2 Å². The molecule has 0 N–H and O–H groups in total. The molecular weight excluding hydrogens is 362 g/mol.